The number of nitrogens with one attached hydrogen (secondary N) is 1. The number of esters is 1. The summed E-state index contributed by atoms with van der Waals surface area (Å²) in [6.45, 7) is 0. The highest BCUT2D eigenvalue weighted by atomic mass is 16.5. The Bertz CT molecular complexity index is 265. The van der Waals surface area contributed by atoms with Crippen molar-refractivity contribution < 1.29 is 9.53 Å². The molecule has 0 amide bonds. The molecule has 0 unspecified atom stereocenters. The Morgan fingerprint density at radius 1 is 1.83 bits per heavy atom. The van der Waals surface area contributed by atoms with Gasteiger partial charge in [-0.1, -0.05) is 6.08 Å². The zero-order chi connectivity index (χ0) is 8.81. The van der Waals surface area contributed by atoms with Gasteiger partial charge in [-0.15, -0.1) is 0 Å². The summed E-state index contributed by atoms with van der Waals surface area (Å²) in [5.74, 6) is -0.245. The van der Waals surface area contributed by atoms with Crippen molar-refractivity contribution in [3.8, 4) is 0 Å². The van der Waals surface area contributed by atoms with Gasteiger partial charge in [-0.2, -0.15) is 0 Å². The molecule has 0 atom stereocenters. The molecule has 0 fully saturated rings. The zero-order valence-electron chi connectivity index (χ0n) is 6.78. The van der Waals surface area contributed by atoms with Crippen molar-refractivity contribution >= 4 is 12.0 Å². The fourth-order valence-corrected chi connectivity index (χ4v) is 0.723. The summed E-state index contributed by atoms with van der Waals surface area (Å²) in [5, 5.41) is 0. The van der Waals surface area contributed by atoms with Crippen molar-refractivity contribution in [2.45, 2.75) is 6.42 Å². The number of hydrogen-bond acceptors (Lipinski definition) is 3. The minimum Gasteiger partial charge on any atom is -0.469 e. The minimum atomic E-state index is -0.245. The topological polar surface area (TPSA) is 55.0 Å². The predicted molar refractivity (Wildman–Crippen MR) is 44.3 cm³/mol. The second kappa shape index (κ2) is 4.33. The number of aromatic nitrogens is 2. The summed E-state index contributed by atoms with van der Waals surface area (Å²) < 4.78 is 4.45. The van der Waals surface area contributed by atoms with Gasteiger partial charge in [-0.05, 0) is 6.08 Å². The molecule has 1 aromatic rings. The summed E-state index contributed by atoms with van der Waals surface area (Å²) >= 11 is 0. The number of imidazole rings is 1. The predicted octanol–water partition coefficient (Wildman–Crippen LogP) is 0.986. The summed E-state index contributed by atoms with van der Waals surface area (Å²) in [6, 6.07) is 0. The smallest absolute Gasteiger partial charge is 0.309 e. The Morgan fingerprint density at radius 3 is 3.25 bits per heavy atom. The molecular weight excluding hydrogens is 156 g/mol. The van der Waals surface area contributed by atoms with Crippen LogP contribution in [-0.4, -0.2) is 23.0 Å². The number of nitrogens with zero attached hydrogens (tertiary/aromatic N) is 1. The van der Waals surface area contributed by atoms with Gasteiger partial charge < -0.3 is 9.72 Å². The molecule has 0 aliphatic rings. The third-order valence-corrected chi connectivity index (χ3v) is 1.33. The molecule has 0 aliphatic carbocycles. The SMILES string of the molecule is COC(=O)C/C=C/c1cnc[nH]1. The molecule has 64 valence electrons. The third-order valence-electron chi connectivity index (χ3n) is 1.33. The summed E-state index contributed by atoms with van der Waals surface area (Å²) in [4.78, 5) is 17.3. The molecule has 4 heteroatoms. The molecule has 12 heavy (non-hydrogen) atoms. The molecule has 0 spiro atoms. The zero-order valence-corrected chi connectivity index (χ0v) is 6.78. The molecule has 1 N–H and O–H groups in total. The molecule has 0 saturated carbocycles. The normalized spacial score (nSPS) is 10.4. The lowest BCUT2D eigenvalue weighted by atomic mass is 10.3. The van der Waals surface area contributed by atoms with Crippen LogP contribution in [0.4, 0.5) is 0 Å². The highest BCUT2D eigenvalue weighted by Gasteiger charge is 1.93. The van der Waals surface area contributed by atoms with E-state index in [1.807, 2.05) is 0 Å². The van der Waals surface area contributed by atoms with Crippen LogP contribution < -0.4 is 0 Å². The second-order valence-electron chi connectivity index (χ2n) is 2.19. The van der Waals surface area contributed by atoms with Gasteiger partial charge in [0.25, 0.3) is 0 Å². The first-order chi connectivity index (χ1) is 5.83. The van der Waals surface area contributed by atoms with Crippen LogP contribution in [0.3, 0.4) is 0 Å². The van der Waals surface area contributed by atoms with Crippen LogP contribution in [0.2, 0.25) is 0 Å². The fraction of sp³-hybridized carbons (Fsp3) is 0.250. The van der Waals surface area contributed by atoms with E-state index in [0.29, 0.717) is 0 Å². The van der Waals surface area contributed by atoms with Crippen molar-refractivity contribution in [2.24, 2.45) is 0 Å². The first-order valence-electron chi connectivity index (χ1n) is 3.54. The van der Waals surface area contributed by atoms with Gasteiger partial charge in [-0.25, -0.2) is 4.98 Å². The van der Waals surface area contributed by atoms with Gasteiger partial charge in [0, 0.05) is 0 Å². The lowest BCUT2D eigenvalue weighted by molar-refractivity contribution is -0.139. The van der Waals surface area contributed by atoms with Crippen LogP contribution in [0.5, 0.6) is 0 Å². The molecule has 0 saturated heterocycles. The molecule has 1 aromatic heterocycles. The van der Waals surface area contributed by atoms with E-state index in [-0.39, 0.29) is 12.4 Å². The van der Waals surface area contributed by atoms with Gasteiger partial charge in [0.1, 0.15) is 0 Å². The van der Waals surface area contributed by atoms with E-state index < -0.39 is 0 Å². The minimum absolute atomic E-state index is 0.245. The first kappa shape index (κ1) is 8.52. The van der Waals surface area contributed by atoms with Crippen molar-refractivity contribution in [1.29, 1.82) is 0 Å². The number of aromatic amines is 1. The van der Waals surface area contributed by atoms with Crippen molar-refractivity contribution in [1.82, 2.24) is 9.97 Å². The maximum atomic E-state index is 10.6. The van der Waals surface area contributed by atoms with E-state index >= 15 is 0 Å². The number of hydrogen-bond donors (Lipinski definition) is 1. The van der Waals surface area contributed by atoms with Gasteiger partial charge in [0.15, 0.2) is 0 Å². The van der Waals surface area contributed by atoms with Crippen molar-refractivity contribution in [2.75, 3.05) is 7.11 Å². The number of carbonyl (C=O) groups excluding carboxylic acids is 1. The largest absolute Gasteiger partial charge is 0.469 e. The monoisotopic (exact) mass is 166 g/mol. The highest BCUT2D eigenvalue weighted by molar-refractivity contribution is 5.72. The quantitative estimate of drug-likeness (QED) is 0.681. The van der Waals surface area contributed by atoms with Crippen molar-refractivity contribution in [3.63, 3.8) is 0 Å². The third kappa shape index (κ3) is 2.57. The molecule has 1 heterocycles. The Morgan fingerprint density at radius 2 is 2.67 bits per heavy atom. The van der Waals surface area contributed by atoms with E-state index in [2.05, 4.69) is 14.7 Å². The van der Waals surface area contributed by atoms with Gasteiger partial charge in [0.2, 0.25) is 0 Å². The molecule has 0 aliphatic heterocycles. The summed E-state index contributed by atoms with van der Waals surface area (Å²) in [6.07, 6.45) is 7.05. The van der Waals surface area contributed by atoms with Crippen LogP contribution in [-0.2, 0) is 9.53 Å². The van der Waals surface area contributed by atoms with E-state index in [1.54, 1.807) is 24.7 Å². The van der Waals surface area contributed by atoms with Gasteiger partial charge in [-0.3, -0.25) is 4.79 Å². The van der Waals surface area contributed by atoms with E-state index in [1.165, 1.54) is 7.11 Å². The van der Waals surface area contributed by atoms with Gasteiger partial charge >= 0.3 is 5.97 Å². The molecule has 4 nitrogen and oxygen atoms in total. The molecule has 1 rings (SSSR count). The maximum absolute atomic E-state index is 10.6. The van der Waals surface area contributed by atoms with E-state index in [4.69, 9.17) is 0 Å². The maximum Gasteiger partial charge on any atom is 0.309 e. The van der Waals surface area contributed by atoms with E-state index in [0.717, 1.165) is 5.69 Å². The number of rotatable bonds is 3. The number of H-pyrrole nitrogens is 1. The number of methoxy groups -OCH3 is 1. The standard InChI is InChI=1S/C8H10N2O2/c1-12-8(11)4-2-3-7-5-9-6-10-7/h2-3,5-6H,4H2,1H3,(H,9,10)/b3-2+. The Hall–Kier alpha value is -1.58. The van der Waals surface area contributed by atoms with Gasteiger partial charge in [0.05, 0.1) is 31.7 Å². The molecular formula is C8H10N2O2. The Balaban J connectivity index is 2.37. The molecule has 0 radical (unpaired) electrons. The number of ether oxygens (including phenoxy) is 1. The number of carbonyl (C=O) groups is 1. The van der Waals surface area contributed by atoms with Crippen molar-refractivity contribution in [3.05, 3.63) is 24.3 Å². The molecule has 0 aromatic carbocycles. The molecule has 0 bridgehead atoms. The lowest BCUT2D eigenvalue weighted by Crippen LogP contribution is -1.96. The van der Waals surface area contributed by atoms with Crippen LogP contribution in [0.15, 0.2) is 18.6 Å². The van der Waals surface area contributed by atoms with Crippen LogP contribution >= 0.6 is 0 Å². The first-order valence-corrected chi connectivity index (χ1v) is 3.54. The van der Waals surface area contributed by atoms with E-state index in [9.17, 15) is 4.79 Å². The summed E-state index contributed by atoms with van der Waals surface area (Å²) in [7, 11) is 1.37. The van der Waals surface area contributed by atoms with Crippen LogP contribution in [0.25, 0.3) is 6.08 Å². The average Bonchev–Trinajstić information content (AvgIpc) is 2.57. The fourth-order valence-electron chi connectivity index (χ4n) is 0.723. The van der Waals surface area contributed by atoms with Crippen LogP contribution in [0.1, 0.15) is 12.1 Å². The second-order valence-corrected chi connectivity index (χ2v) is 2.19. The van der Waals surface area contributed by atoms with Crippen LogP contribution in [0, 0.1) is 0 Å². The average molecular weight is 166 g/mol. The Labute approximate surface area is 70.3 Å². The summed E-state index contributed by atoms with van der Waals surface area (Å²) in [5.41, 5.74) is 0.874. The lowest BCUT2D eigenvalue weighted by Gasteiger charge is -1.90. The highest BCUT2D eigenvalue weighted by Crippen LogP contribution is 1.96. The Kier molecular flexibility index (Phi) is 3.07.